The Morgan fingerprint density at radius 3 is 2.55 bits per heavy atom. The Morgan fingerprint density at radius 1 is 1.18 bits per heavy atom. The number of rotatable bonds is 7. The second-order valence-corrected chi connectivity index (χ2v) is 9.62. The number of carbonyl (C=O) groups is 1. The zero-order valence-electron chi connectivity index (χ0n) is 17.8. The lowest BCUT2D eigenvalue weighted by atomic mass is 9.93. The minimum absolute atomic E-state index is 0.00307. The first-order valence-corrected chi connectivity index (χ1v) is 12.0. The molecule has 1 aromatic carbocycles. The molecule has 2 aliphatic rings. The molecule has 1 atom stereocenters. The monoisotopic (exact) mass is 482 g/mol. The van der Waals surface area contributed by atoms with E-state index in [-0.39, 0.29) is 11.6 Å². The number of piperidine rings is 1. The molecule has 1 unspecified atom stereocenters. The maximum absolute atomic E-state index is 12.8. The van der Waals surface area contributed by atoms with Gasteiger partial charge in [0.25, 0.3) is 5.91 Å². The first-order chi connectivity index (χ1) is 15.6. The van der Waals surface area contributed by atoms with Gasteiger partial charge in [-0.15, -0.1) is 0 Å². The van der Waals surface area contributed by atoms with Gasteiger partial charge in [-0.1, -0.05) is 6.07 Å². The average Bonchev–Trinajstić information content (AvgIpc) is 3.52. The van der Waals surface area contributed by atoms with E-state index in [9.17, 15) is 22.2 Å². The molecule has 0 radical (unpaired) electrons. The van der Waals surface area contributed by atoms with E-state index >= 15 is 0 Å². The molecule has 11 heteroatoms. The van der Waals surface area contributed by atoms with E-state index in [4.69, 9.17) is 9.52 Å². The maximum Gasteiger partial charge on any atom is 0.392 e. The van der Waals surface area contributed by atoms with Crippen LogP contribution in [-0.4, -0.2) is 41.0 Å². The summed E-state index contributed by atoms with van der Waals surface area (Å²) >= 11 is 0. The molecule has 2 aromatic rings. The van der Waals surface area contributed by atoms with Crippen LogP contribution in [0.3, 0.4) is 0 Å². The van der Waals surface area contributed by atoms with E-state index in [1.165, 1.54) is 31.0 Å². The van der Waals surface area contributed by atoms with Gasteiger partial charge in [-0.2, -0.15) is 13.2 Å². The Kier molecular flexibility index (Phi) is 6.51. The number of amides is 1. The van der Waals surface area contributed by atoms with E-state index in [2.05, 4.69) is 15.2 Å². The summed E-state index contributed by atoms with van der Waals surface area (Å²) in [5.74, 6) is -0.615. The Bertz CT molecular complexity index is 1100. The first kappa shape index (κ1) is 23.3. The zero-order chi connectivity index (χ0) is 23.6. The molecule has 178 valence electrons. The predicted octanol–water partition coefficient (Wildman–Crippen LogP) is 4.65. The number of nitrogens with zero attached hydrogens (tertiary/aromatic N) is 2. The van der Waals surface area contributed by atoms with Gasteiger partial charge in [0.05, 0.1) is 35.0 Å². The van der Waals surface area contributed by atoms with Crippen LogP contribution in [0, 0.1) is 10.2 Å². The molecule has 33 heavy (non-hydrogen) atoms. The second kappa shape index (κ2) is 9.20. The van der Waals surface area contributed by atoms with Crippen LogP contribution in [-0.2, 0) is 10.6 Å². The van der Waals surface area contributed by atoms with Crippen molar-refractivity contribution in [3.05, 3.63) is 42.1 Å². The molecule has 2 heterocycles. The van der Waals surface area contributed by atoms with Gasteiger partial charge in [-0.25, -0.2) is 9.19 Å². The SMILES string of the molecule is N=[SH](=O)c1ccc(NC(=O)c2cccc(OCCC(F)(F)F)n2)c(N2CCC3(CC2)CC3)c1. The lowest BCUT2D eigenvalue weighted by Gasteiger charge is -2.35. The van der Waals surface area contributed by atoms with E-state index in [1.807, 2.05) is 0 Å². The zero-order valence-corrected chi connectivity index (χ0v) is 18.7. The van der Waals surface area contributed by atoms with Gasteiger partial charge in [-0.3, -0.25) is 9.57 Å². The third-order valence-electron chi connectivity index (χ3n) is 6.18. The van der Waals surface area contributed by atoms with Gasteiger partial charge in [-0.05, 0) is 55.4 Å². The highest BCUT2D eigenvalue weighted by molar-refractivity contribution is 7.73. The number of thiol groups is 1. The summed E-state index contributed by atoms with van der Waals surface area (Å²) in [7, 11) is -2.28. The molecule has 2 N–H and O–H groups in total. The normalized spacial score (nSPS) is 18.1. The Balaban J connectivity index is 1.50. The van der Waals surface area contributed by atoms with Gasteiger partial charge in [0.15, 0.2) is 0 Å². The predicted molar refractivity (Wildman–Crippen MR) is 118 cm³/mol. The fourth-order valence-corrected chi connectivity index (χ4v) is 4.44. The average molecular weight is 483 g/mol. The van der Waals surface area contributed by atoms with Crippen LogP contribution in [0.25, 0.3) is 0 Å². The number of ether oxygens (including phenoxy) is 1. The van der Waals surface area contributed by atoms with Crippen LogP contribution >= 0.6 is 0 Å². The second-order valence-electron chi connectivity index (χ2n) is 8.51. The number of halogens is 3. The molecular weight excluding hydrogens is 457 g/mol. The molecule has 1 aromatic heterocycles. The third-order valence-corrected chi connectivity index (χ3v) is 6.92. The standard InChI is InChI=1S/C22H25F3N4O3S/c23-22(24,25)10-13-32-19-3-1-2-17(27-19)20(30)28-16-5-4-15(33(26)31)14-18(16)29-11-8-21(6-7-21)9-12-29/h1-5,14,26,33H,6-13H2,(H,28,30). The highest BCUT2D eigenvalue weighted by atomic mass is 32.2. The van der Waals surface area contributed by atoms with Gasteiger partial charge < -0.3 is 15.0 Å². The molecule has 1 aliphatic heterocycles. The molecule has 7 nitrogen and oxygen atoms in total. The number of aromatic nitrogens is 1. The van der Waals surface area contributed by atoms with Crippen molar-refractivity contribution in [1.82, 2.24) is 4.98 Å². The highest BCUT2D eigenvalue weighted by Gasteiger charge is 2.44. The number of nitrogens with one attached hydrogen (secondary N) is 2. The van der Waals surface area contributed by atoms with Crippen LogP contribution in [0.4, 0.5) is 24.5 Å². The van der Waals surface area contributed by atoms with Crippen LogP contribution in [0.2, 0.25) is 0 Å². The molecule has 2 fully saturated rings. The Hall–Kier alpha value is -2.82. The van der Waals surface area contributed by atoms with Crippen molar-refractivity contribution in [2.75, 3.05) is 29.9 Å². The van der Waals surface area contributed by atoms with E-state index in [1.54, 1.807) is 18.2 Å². The van der Waals surface area contributed by atoms with E-state index in [0.717, 1.165) is 25.9 Å². The first-order valence-electron chi connectivity index (χ1n) is 10.7. The summed E-state index contributed by atoms with van der Waals surface area (Å²) in [4.78, 5) is 19.4. The van der Waals surface area contributed by atoms with E-state index < -0.39 is 35.7 Å². The number of carbonyl (C=O) groups excluding carboxylic acids is 1. The molecule has 1 saturated carbocycles. The fraction of sp³-hybridized carbons (Fsp3) is 0.455. The van der Waals surface area contributed by atoms with Gasteiger partial charge in [0.2, 0.25) is 5.88 Å². The van der Waals surface area contributed by atoms with Crippen LogP contribution < -0.4 is 15.0 Å². The quantitative estimate of drug-likeness (QED) is 0.500. The molecule has 1 aliphatic carbocycles. The minimum atomic E-state index is -4.34. The number of benzene rings is 1. The van der Waals surface area contributed by atoms with Crippen molar-refractivity contribution in [2.45, 2.75) is 43.2 Å². The molecule has 1 amide bonds. The van der Waals surface area contributed by atoms with Crippen molar-refractivity contribution in [1.29, 1.82) is 4.78 Å². The molecular formula is C22H25F3N4O3S. The smallest absolute Gasteiger partial charge is 0.392 e. The maximum atomic E-state index is 12.8. The van der Waals surface area contributed by atoms with Gasteiger partial charge in [0.1, 0.15) is 5.69 Å². The Labute approximate surface area is 191 Å². The number of pyridine rings is 1. The van der Waals surface area contributed by atoms with Crippen molar-refractivity contribution in [3.8, 4) is 5.88 Å². The summed E-state index contributed by atoms with van der Waals surface area (Å²) in [5.41, 5.74) is 1.65. The largest absolute Gasteiger partial charge is 0.477 e. The molecule has 0 bridgehead atoms. The number of alkyl halides is 3. The van der Waals surface area contributed by atoms with Crippen molar-refractivity contribution in [3.63, 3.8) is 0 Å². The lowest BCUT2D eigenvalue weighted by molar-refractivity contribution is -0.139. The molecule has 4 rings (SSSR count). The van der Waals surface area contributed by atoms with E-state index in [0.29, 0.717) is 21.7 Å². The topological polar surface area (TPSA) is 95.4 Å². The summed E-state index contributed by atoms with van der Waals surface area (Å²) in [6.45, 7) is 1.03. The molecule has 1 spiro atoms. The summed E-state index contributed by atoms with van der Waals surface area (Å²) in [5, 5.41) is 2.80. The molecule has 1 saturated heterocycles. The Morgan fingerprint density at radius 2 is 1.91 bits per heavy atom. The van der Waals surface area contributed by atoms with Crippen LogP contribution in [0.15, 0.2) is 41.3 Å². The van der Waals surface area contributed by atoms with Crippen LogP contribution in [0.1, 0.15) is 42.6 Å². The summed E-state index contributed by atoms with van der Waals surface area (Å²) < 4.78 is 61.3. The third kappa shape index (κ3) is 5.95. The van der Waals surface area contributed by atoms with Crippen molar-refractivity contribution < 1.29 is 26.9 Å². The highest BCUT2D eigenvalue weighted by Crippen LogP contribution is 2.54. The van der Waals surface area contributed by atoms with Crippen LogP contribution in [0.5, 0.6) is 5.88 Å². The summed E-state index contributed by atoms with van der Waals surface area (Å²) in [6, 6.07) is 9.16. The van der Waals surface area contributed by atoms with Crippen molar-refractivity contribution >= 4 is 27.9 Å². The lowest BCUT2D eigenvalue weighted by Crippen LogP contribution is -2.35. The number of anilines is 2. The number of hydrogen-bond acceptors (Lipinski definition) is 6. The summed E-state index contributed by atoms with van der Waals surface area (Å²) in [6.07, 6.45) is -0.857. The fourth-order valence-electron chi connectivity index (χ4n) is 3.99. The van der Waals surface area contributed by atoms with Gasteiger partial charge >= 0.3 is 6.18 Å². The minimum Gasteiger partial charge on any atom is -0.477 e. The van der Waals surface area contributed by atoms with Crippen molar-refractivity contribution in [2.24, 2.45) is 5.41 Å². The van der Waals surface area contributed by atoms with Gasteiger partial charge in [0, 0.05) is 24.1 Å². The number of hydrogen-bond donors (Lipinski definition) is 3.